The third-order valence-electron chi connectivity index (χ3n) is 3.09. The van der Waals surface area contributed by atoms with Crippen molar-refractivity contribution in [1.29, 1.82) is 0 Å². The average Bonchev–Trinajstić information content (AvgIpc) is 2.44. The zero-order chi connectivity index (χ0) is 14.4. The smallest absolute Gasteiger partial charge is 0.250 e. The molecule has 2 rings (SSSR count). The normalized spacial score (nSPS) is 10.5. The second-order valence-corrected chi connectivity index (χ2v) is 5.14. The second-order valence-electron chi connectivity index (χ2n) is 4.70. The minimum absolute atomic E-state index is 0.0192. The summed E-state index contributed by atoms with van der Waals surface area (Å²) in [6.45, 7) is 3.34. The van der Waals surface area contributed by atoms with Crippen molar-refractivity contribution in [2.24, 2.45) is 0 Å². The molecule has 0 radical (unpaired) electrons. The predicted octanol–water partition coefficient (Wildman–Crippen LogP) is 3.67. The van der Waals surface area contributed by atoms with Crippen LogP contribution in [-0.2, 0) is 6.54 Å². The third kappa shape index (κ3) is 4.14. The first-order valence-corrected chi connectivity index (χ1v) is 7.09. The van der Waals surface area contributed by atoms with Gasteiger partial charge in [-0.15, -0.1) is 0 Å². The number of hydrogen-bond donors (Lipinski definition) is 0. The maximum absolute atomic E-state index is 11.6. The van der Waals surface area contributed by atoms with Crippen molar-refractivity contribution >= 4 is 11.6 Å². The topological polar surface area (TPSA) is 31.2 Å². The number of pyridine rings is 1. The minimum Gasteiger partial charge on any atom is -0.493 e. The molecule has 0 unspecified atom stereocenters. The Morgan fingerprint density at radius 2 is 1.95 bits per heavy atom. The van der Waals surface area contributed by atoms with E-state index in [1.54, 1.807) is 16.8 Å². The van der Waals surface area contributed by atoms with Gasteiger partial charge in [0.25, 0.3) is 5.56 Å². The van der Waals surface area contributed by atoms with Gasteiger partial charge in [0.15, 0.2) is 0 Å². The number of aromatic nitrogens is 1. The van der Waals surface area contributed by atoms with Gasteiger partial charge in [-0.3, -0.25) is 4.79 Å². The molecule has 0 aliphatic carbocycles. The molecule has 0 aliphatic rings. The Morgan fingerprint density at radius 1 is 1.15 bits per heavy atom. The van der Waals surface area contributed by atoms with Crippen LogP contribution in [0, 0.1) is 6.92 Å². The molecule has 0 saturated heterocycles. The molecule has 2 aromatic rings. The van der Waals surface area contributed by atoms with Crippen LogP contribution >= 0.6 is 11.6 Å². The molecule has 1 aromatic heterocycles. The summed E-state index contributed by atoms with van der Waals surface area (Å²) in [4.78, 5) is 11.6. The lowest BCUT2D eigenvalue weighted by Crippen LogP contribution is -2.18. The molecule has 0 bridgehead atoms. The van der Waals surface area contributed by atoms with E-state index in [0.29, 0.717) is 18.2 Å². The Labute approximate surface area is 123 Å². The van der Waals surface area contributed by atoms with Gasteiger partial charge in [-0.1, -0.05) is 29.8 Å². The fraction of sp³-hybridized carbons (Fsp3) is 0.312. The van der Waals surface area contributed by atoms with Gasteiger partial charge < -0.3 is 9.30 Å². The van der Waals surface area contributed by atoms with Crippen LogP contribution < -0.4 is 10.3 Å². The van der Waals surface area contributed by atoms with Crippen molar-refractivity contribution < 1.29 is 4.74 Å². The summed E-state index contributed by atoms with van der Waals surface area (Å²) in [6, 6.07) is 11.1. The van der Waals surface area contributed by atoms with E-state index in [0.717, 1.165) is 24.2 Å². The Hall–Kier alpha value is -1.74. The molecule has 0 aliphatic heterocycles. The van der Waals surface area contributed by atoms with E-state index in [4.69, 9.17) is 16.3 Å². The van der Waals surface area contributed by atoms with Crippen LogP contribution in [-0.4, -0.2) is 11.2 Å². The second kappa shape index (κ2) is 7.15. The number of ether oxygens (including phenoxy) is 1. The summed E-state index contributed by atoms with van der Waals surface area (Å²) in [5.41, 5.74) is 1.12. The molecule has 20 heavy (non-hydrogen) atoms. The first-order valence-electron chi connectivity index (χ1n) is 6.71. The quantitative estimate of drug-likeness (QED) is 0.761. The van der Waals surface area contributed by atoms with Crippen molar-refractivity contribution in [3.63, 3.8) is 0 Å². The lowest BCUT2D eigenvalue weighted by atomic mass is 10.2. The van der Waals surface area contributed by atoms with Crippen LogP contribution in [0.15, 0.2) is 47.4 Å². The van der Waals surface area contributed by atoms with Crippen LogP contribution in [0.5, 0.6) is 5.75 Å². The van der Waals surface area contributed by atoms with Gasteiger partial charge in [-0.2, -0.15) is 0 Å². The summed E-state index contributed by atoms with van der Waals surface area (Å²) in [5.74, 6) is 0.924. The van der Waals surface area contributed by atoms with E-state index >= 15 is 0 Å². The first-order chi connectivity index (χ1) is 9.66. The van der Waals surface area contributed by atoms with E-state index in [-0.39, 0.29) is 5.56 Å². The Bertz CT molecular complexity index is 622. The molecule has 0 saturated carbocycles. The standard InChI is InChI=1S/C16H18ClNO2/c1-13-6-2-3-7-15(13)20-11-5-4-10-18-12-14(17)8-9-16(18)19/h2-3,6-9,12H,4-5,10-11H2,1H3. The maximum Gasteiger partial charge on any atom is 0.250 e. The number of nitrogens with zero attached hydrogens (tertiary/aromatic N) is 1. The van der Waals surface area contributed by atoms with Crippen LogP contribution in [0.4, 0.5) is 0 Å². The summed E-state index contributed by atoms with van der Waals surface area (Å²) in [7, 11) is 0. The number of halogens is 1. The molecular weight excluding hydrogens is 274 g/mol. The van der Waals surface area contributed by atoms with E-state index in [9.17, 15) is 4.79 Å². The number of hydrogen-bond acceptors (Lipinski definition) is 2. The summed E-state index contributed by atoms with van der Waals surface area (Å²) in [6.07, 6.45) is 3.45. The first kappa shape index (κ1) is 14.7. The lowest BCUT2D eigenvalue weighted by Gasteiger charge is -2.09. The predicted molar refractivity (Wildman–Crippen MR) is 81.6 cm³/mol. The molecule has 106 valence electrons. The van der Waals surface area contributed by atoms with E-state index < -0.39 is 0 Å². The number of para-hydroxylation sites is 1. The number of unbranched alkanes of at least 4 members (excludes halogenated alkanes) is 1. The van der Waals surface area contributed by atoms with Crippen molar-refractivity contribution in [2.75, 3.05) is 6.61 Å². The van der Waals surface area contributed by atoms with Crippen molar-refractivity contribution in [3.8, 4) is 5.75 Å². The third-order valence-corrected chi connectivity index (χ3v) is 3.32. The highest BCUT2D eigenvalue weighted by molar-refractivity contribution is 6.30. The van der Waals surface area contributed by atoms with Gasteiger partial charge in [-0.25, -0.2) is 0 Å². The van der Waals surface area contributed by atoms with Crippen molar-refractivity contribution in [1.82, 2.24) is 4.57 Å². The van der Waals surface area contributed by atoms with Crippen LogP contribution in [0.2, 0.25) is 5.02 Å². The summed E-state index contributed by atoms with van der Waals surface area (Å²) in [5, 5.41) is 0.584. The molecule has 0 spiro atoms. The molecular formula is C16H18ClNO2. The highest BCUT2D eigenvalue weighted by atomic mass is 35.5. The molecule has 0 amide bonds. The zero-order valence-electron chi connectivity index (χ0n) is 11.5. The van der Waals surface area contributed by atoms with Crippen LogP contribution in [0.1, 0.15) is 18.4 Å². The largest absolute Gasteiger partial charge is 0.493 e. The fourth-order valence-electron chi connectivity index (χ4n) is 1.96. The van der Waals surface area contributed by atoms with Crippen molar-refractivity contribution in [3.05, 3.63) is 63.5 Å². The maximum atomic E-state index is 11.6. The van der Waals surface area contributed by atoms with Gasteiger partial charge in [-0.05, 0) is 37.5 Å². The summed E-state index contributed by atoms with van der Waals surface area (Å²) < 4.78 is 7.35. The molecule has 0 N–H and O–H groups in total. The van der Waals surface area contributed by atoms with E-state index in [1.807, 2.05) is 31.2 Å². The molecule has 4 heteroatoms. The fourth-order valence-corrected chi connectivity index (χ4v) is 2.14. The van der Waals surface area contributed by atoms with E-state index in [2.05, 4.69) is 0 Å². The molecule has 1 aromatic carbocycles. The monoisotopic (exact) mass is 291 g/mol. The Morgan fingerprint density at radius 3 is 2.75 bits per heavy atom. The van der Waals surface area contributed by atoms with E-state index in [1.165, 1.54) is 6.07 Å². The molecule has 3 nitrogen and oxygen atoms in total. The van der Waals surface area contributed by atoms with Gasteiger partial charge in [0.2, 0.25) is 0 Å². The van der Waals surface area contributed by atoms with Crippen LogP contribution in [0.3, 0.4) is 0 Å². The van der Waals surface area contributed by atoms with Crippen LogP contribution in [0.25, 0.3) is 0 Å². The number of rotatable bonds is 6. The van der Waals surface area contributed by atoms with Gasteiger partial charge >= 0.3 is 0 Å². The van der Waals surface area contributed by atoms with Crippen molar-refractivity contribution in [2.45, 2.75) is 26.3 Å². The Kier molecular flexibility index (Phi) is 5.24. The lowest BCUT2D eigenvalue weighted by molar-refractivity contribution is 0.301. The molecule has 0 atom stereocenters. The zero-order valence-corrected chi connectivity index (χ0v) is 12.3. The highest BCUT2D eigenvalue weighted by Gasteiger charge is 1.99. The number of benzene rings is 1. The minimum atomic E-state index is -0.0192. The molecule has 0 fully saturated rings. The molecule has 1 heterocycles. The average molecular weight is 292 g/mol. The van der Waals surface area contributed by atoms with Gasteiger partial charge in [0.05, 0.1) is 11.6 Å². The van der Waals surface area contributed by atoms with Gasteiger partial charge in [0.1, 0.15) is 5.75 Å². The highest BCUT2D eigenvalue weighted by Crippen LogP contribution is 2.16. The number of aryl methyl sites for hydroxylation is 2. The Balaban J connectivity index is 1.76. The SMILES string of the molecule is Cc1ccccc1OCCCCn1cc(Cl)ccc1=O. The summed E-state index contributed by atoms with van der Waals surface area (Å²) >= 11 is 5.87. The van der Waals surface area contributed by atoms with Gasteiger partial charge in [0, 0.05) is 18.8 Å².